The number of nitrogens with zero attached hydrogens (tertiary/aromatic N) is 3. The van der Waals surface area contributed by atoms with Crippen LogP contribution in [0.3, 0.4) is 0 Å². The lowest BCUT2D eigenvalue weighted by Crippen LogP contribution is -2.18. The molecule has 0 N–H and O–H groups in total. The zero-order chi connectivity index (χ0) is 16.0. The molecule has 2 heterocycles. The molecule has 6 heteroatoms. The standard InChI is InChI=1S/C17H17BrClN3O/c18-17-12-9-21-22(15-3-1-2-6-23-15)14(12)8-13(19)16(17)11-7-10(11)4-5-20/h8-11,15H,1-4,6-7H2/t10-,11+,15+/m0/s1. The maximum atomic E-state index is 8.88. The Labute approximate surface area is 148 Å². The number of aromatic nitrogens is 2. The second-order valence-electron chi connectivity index (χ2n) is 6.39. The first-order chi connectivity index (χ1) is 11.2. The summed E-state index contributed by atoms with van der Waals surface area (Å²) in [4.78, 5) is 0. The Morgan fingerprint density at radius 3 is 3.09 bits per heavy atom. The first-order valence-corrected chi connectivity index (χ1v) is 9.21. The van der Waals surface area contributed by atoms with E-state index in [1.165, 1.54) is 0 Å². The highest BCUT2D eigenvalue weighted by Crippen LogP contribution is 2.54. The average Bonchev–Trinajstić information content (AvgIpc) is 3.16. The predicted octanol–water partition coefficient (Wildman–Crippen LogP) is 5.17. The molecule has 2 aliphatic rings. The molecule has 4 rings (SSSR count). The Morgan fingerprint density at radius 1 is 1.48 bits per heavy atom. The Hall–Kier alpha value is -1.09. The van der Waals surface area contributed by atoms with Gasteiger partial charge in [-0.1, -0.05) is 11.6 Å². The monoisotopic (exact) mass is 393 g/mol. The minimum Gasteiger partial charge on any atom is -0.356 e. The molecule has 0 unspecified atom stereocenters. The van der Waals surface area contributed by atoms with Crippen LogP contribution in [0.1, 0.15) is 49.8 Å². The molecular formula is C17H17BrClN3O. The SMILES string of the molecule is N#CC[C@H]1C[C@H]1c1c(Cl)cc2c(cnn2[C@H]2CCCCO2)c1Br. The molecule has 1 saturated heterocycles. The lowest BCUT2D eigenvalue weighted by Gasteiger charge is -2.23. The summed E-state index contributed by atoms with van der Waals surface area (Å²) in [6, 6.07) is 4.26. The van der Waals surface area contributed by atoms with Crippen LogP contribution in [-0.4, -0.2) is 16.4 Å². The molecule has 0 amide bonds. The maximum Gasteiger partial charge on any atom is 0.150 e. The van der Waals surface area contributed by atoms with Crippen LogP contribution in [0.4, 0.5) is 0 Å². The second-order valence-corrected chi connectivity index (χ2v) is 7.59. The van der Waals surface area contributed by atoms with Gasteiger partial charge in [0.25, 0.3) is 0 Å². The van der Waals surface area contributed by atoms with Crippen molar-refractivity contribution in [3.63, 3.8) is 0 Å². The highest BCUT2D eigenvalue weighted by molar-refractivity contribution is 9.10. The van der Waals surface area contributed by atoms with E-state index in [0.717, 1.165) is 58.3 Å². The molecule has 4 nitrogen and oxygen atoms in total. The van der Waals surface area contributed by atoms with Gasteiger partial charge >= 0.3 is 0 Å². The third kappa shape index (κ3) is 2.67. The summed E-state index contributed by atoms with van der Waals surface area (Å²) in [5.74, 6) is 0.818. The minimum atomic E-state index is 0.00216. The van der Waals surface area contributed by atoms with Gasteiger partial charge in [-0.25, -0.2) is 4.68 Å². The van der Waals surface area contributed by atoms with Gasteiger partial charge in [-0.05, 0) is 65.1 Å². The fraction of sp³-hybridized carbons (Fsp3) is 0.529. The molecule has 1 aliphatic heterocycles. The molecule has 1 aromatic heterocycles. The van der Waals surface area contributed by atoms with Gasteiger partial charge in [-0.2, -0.15) is 10.4 Å². The topological polar surface area (TPSA) is 50.8 Å². The molecule has 0 bridgehead atoms. The van der Waals surface area contributed by atoms with Gasteiger partial charge in [0.2, 0.25) is 0 Å². The molecule has 0 radical (unpaired) electrons. The number of hydrogen-bond donors (Lipinski definition) is 0. The van der Waals surface area contributed by atoms with Gasteiger partial charge in [-0.3, -0.25) is 0 Å². The number of ether oxygens (including phenoxy) is 1. The van der Waals surface area contributed by atoms with Crippen molar-refractivity contribution < 1.29 is 4.74 Å². The van der Waals surface area contributed by atoms with E-state index in [2.05, 4.69) is 27.1 Å². The first-order valence-electron chi connectivity index (χ1n) is 8.04. The fourth-order valence-electron chi connectivity index (χ4n) is 3.56. The molecular weight excluding hydrogens is 378 g/mol. The van der Waals surface area contributed by atoms with Crippen LogP contribution in [0.25, 0.3) is 10.9 Å². The number of hydrogen-bond acceptors (Lipinski definition) is 3. The van der Waals surface area contributed by atoms with Crippen molar-refractivity contribution in [1.29, 1.82) is 5.26 Å². The van der Waals surface area contributed by atoms with Crippen molar-refractivity contribution >= 4 is 38.4 Å². The predicted molar refractivity (Wildman–Crippen MR) is 92.4 cm³/mol. The second kappa shape index (κ2) is 6.08. The van der Waals surface area contributed by atoms with E-state index in [4.69, 9.17) is 21.6 Å². The first kappa shape index (κ1) is 15.4. The maximum absolute atomic E-state index is 8.88. The van der Waals surface area contributed by atoms with Crippen molar-refractivity contribution in [3.05, 3.63) is 27.3 Å². The Balaban J connectivity index is 1.74. The molecule has 3 atom stereocenters. The molecule has 0 spiro atoms. The van der Waals surface area contributed by atoms with Gasteiger partial charge in [0.05, 0.1) is 17.8 Å². The van der Waals surface area contributed by atoms with Crippen molar-refractivity contribution in [2.45, 2.75) is 44.2 Å². The van der Waals surface area contributed by atoms with Gasteiger partial charge < -0.3 is 4.74 Å². The van der Waals surface area contributed by atoms with E-state index >= 15 is 0 Å². The van der Waals surface area contributed by atoms with Crippen LogP contribution < -0.4 is 0 Å². The summed E-state index contributed by atoms with van der Waals surface area (Å²) in [7, 11) is 0. The molecule has 1 saturated carbocycles. The average molecular weight is 395 g/mol. The molecule has 23 heavy (non-hydrogen) atoms. The summed E-state index contributed by atoms with van der Waals surface area (Å²) in [5, 5.41) is 15.3. The Kier molecular flexibility index (Phi) is 4.08. The normalized spacial score (nSPS) is 27.1. The Morgan fingerprint density at radius 2 is 2.35 bits per heavy atom. The lowest BCUT2D eigenvalue weighted by atomic mass is 10.1. The summed E-state index contributed by atoms with van der Waals surface area (Å²) < 4.78 is 8.83. The summed E-state index contributed by atoms with van der Waals surface area (Å²) in [6.07, 6.45) is 6.79. The van der Waals surface area contributed by atoms with E-state index < -0.39 is 0 Å². The van der Waals surface area contributed by atoms with E-state index in [0.29, 0.717) is 18.3 Å². The third-order valence-electron chi connectivity index (χ3n) is 4.90. The van der Waals surface area contributed by atoms with E-state index in [1.54, 1.807) is 0 Å². The fourth-order valence-corrected chi connectivity index (χ4v) is 4.83. The molecule has 2 fully saturated rings. The number of rotatable bonds is 3. The van der Waals surface area contributed by atoms with Crippen molar-refractivity contribution in [3.8, 4) is 6.07 Å². The largest absolute Gasteiger partial charge is 0.356 e. The van der Waals surface area contributed by atoms with E-state index in [9.17, 15) is 0 Å². The van der Waals surface area contributed by atoms with Crippen LogP contribution in [0.2, 0.25) is 5.02 Å². The number of benzene rings is 1. The zero-order valence-corrected chi connectivity index (χ0v) is 15.0. The van der Waals surface area contributed by atoms with Crippen LogP contribution in [-0.2, 0) is 4.74 Å². The van der Waals surface area contributed by atoms with E-state index in [1.807, 2.05) is 16.9 Å². The Bertz CT molecular complexity index is 791. The van der Waals surface area contributed by atoms with Gasteiger partial charge in [0.15, 0.2) is 6.23 Å². The highest BCUT2D eigenvalue weighted by Gasteiger charge is 2.41. The van der Waals surface area contributed by atoms with Gasteiger partial charge in [0, 0.05) is 27.9 Å². The highest BCUT2D eigenvalue weighted by atomic mass is 79.9. The lowest BCUT2D eigenvalue weighted by molar-refractivity contribution is -0.0366. The molecule has 120 valence electrons. The van der Waals surface area contributed by atoms with Crippen LogP contribution >= 0.6 is 27.5 Å². The number of halogens is 2. The van der Waals surface area contributed by atoms with Crippen molar-refractivity contribution in [2.75, 3.05) is 6.61 Å². The summed E-state index contributed by atoms with van der Waals surface area (Å²) >= 11 is 10.3. The number of nitriles is 1. The van der Waals surface area contributed by atoms with Crippen molar-refractivity contribution in [1.82, 2.24) is 9.78 Å². The quantitative estimate of drug-likeness (QED) is 0.721. The number of fused-ring (bicyclic) bond motifs is 1. The van der Waals surface area contributed by atoms with Crippen molar-refractivity contribution in [2.24, 2.45) is 5.92 Å². The molecule has 1 aromatic carbocycles. The molecule has 1 aliphatic carbocycles. The van der Waals surface area contributed by atoms with Gasteiger partial charge in [0.1, 0.15) is 0 Å². The smallest absolute Gasteiger partial charge is 0.150 e. The van der Waals surface area contributed by atoms with E-state index in [-0.39, 0.29) is 6.23 Å². The van der Waals surface area contributed by atoms with Crippen LogP contribution in [0, 0.1) is 17.2 Å². The summed E-state index contributed by atoms with van der Waals surface area (Å²) in [6.45, 7) is 0.789. The van der Waals surface area contributed by atoms with Crippen LogP contribution in [0.5, 0.6) is 0 Å². The zero-order valence-electron chi connectivity index (χ0n) is 12.6. The van der Waals surface area contributed by atoms with Crippen LogP contribution in [0.15, 0.2) is 16.7 Å². The molecule has 2 aromatic rings. The van der Waals surface area contributed by atoms with Gasteiger partial charge in [-0.15, -0.1) is 0 Å². The summed E-state index contributed by atoms with van der Waals surface area (Å²) in [5.41, 5.74) is 2.14. The third-order valence-corrected chi connectivity index (χ3v) is 6.07. The minimum absolute atomic E-state index is 0.00216.